The van der Waals surface area contributed by atoms with Gasteiger partial charge in [-0.25, -0.2) is 4.79 Å². The predicted octanol–water partition coefficient (Wildman–Crippen LogP) is 5.44. The first-order valence-corrected chi connectivity index (χ1v) is 6.93. The maximum Gasteiger partial charge on any atom is 0.401 e. The zero-order valence-electron chi connectivity index (χ0n) is 10.4. The number of hydrogen-bond donors (Lipinski definition) is 1. The van der Waals surface area contributed by atoms with Crippen LogP contribution in [0.15, 0.2) is 0 Å². The molecule has 1 aliphatic carbocycles. The summed E-state index contributed by atoms with van der Waals surface area (Å²) in [5.74, 6) is 1.11. The van der Waals surface area contributed by atoms with Crippen molar-refractivity contribution in [3.05, 3.63) is 0 Å². The number of carboxylic acid groups (broad SMARTS) is 1. The molecule has 2 nitrogen and oxygen atoms in total. The Morgan fingerprint density at radius 3 is 2.25 bits per heavy atom. The van der Waals surface area contributed by atoms with Crippen LogP contribution in [0.25, 0.3) is 0 Å². The molecule has 0 saturated heterocycles. The number of carbonyl (C=O) groups is 1. The Bertz CT molecular complexity index is 161. The summed E-state index contributed by atoms with van der Waals surface area (Å²) >= 11 is 4.19. The zero-order chi connectivity index (χ0) is 12.2. The molecule has 0 amide bonds. The van der Waals surface area contributed by atoms with Gasteiger partial charge in [-0.15, -0.1) is 0 Å². The Kier molecular flexibility index (Phi) is 11.1. The van der Waals surface area contributed by atoms with E-state index in [0.717, 1.165) is 5.92 Å². The number of halogens is 1. The lowest BCUT2D eigenvalue weighted by atomic mass is 9.85. The summed E-state index contributed by atoms with van der Waals surface area (Å²) in [6.45, 7) is 2.29. The third-order valence-electron chi connectivity index (χ3n) is 3.19. The van der Waals surface area contributed by atoms with Gasteiger partial charge in [0.25, 0.3) is 0 Å². The molecule has 96 valence electrons. The second kappa shape index (κ2) is 11.3. The van der Waals surface area contributed by atoms with Gasteiger partial charge in [-0.2, -0.15) is 0 Å². The van der Waals surface area contributed by atoms with Crippen molar-refractivity contribution >= 4 is 17.0 Å². The van der Waals surface area contributed by atoms with Crippen LogP contribution in [0, 0.1) is 5.92 Å². The van der Waals surface area contributed by atoms with Crippen molar-refractivity contribution in [1.29, 1.82) is 0 Å². The van der Waals surface area contributed by atoms with Crippen LogP contribution in [0.2, 0.25) is 0 Å². The van der Waals surface area contributed by atoms with E-state index in [2.05, 4.69) is 18.5 Å². The van der Waals surface area contributed by atoms with E-state index in [9.17, 15) is 0 Å². The van der Waals surface area contributed by atoms with Crippen LogP contribution >= 0.6 is 11.6 Å². The second-order valence-electron chi connectivity index (χ2n) is 4.61. The first kappa shape index (κ1) is 15.8. The first-order valence-electron chi connectivity index (χ1n) is 6.55. The molecule has 0 bridgehead atoms. The van der Waals surface area contributed by atoms with E-state index in [1.54, 1.807) is 0 Å². The van der Waals surface area contributed by atoms with Crippen molar-refractivity contribution in [2.24, 2.45) is 5.92 Å². The molecule has 1 fully saturated rings. The quantitative estimate of drug-likeness (QED) is 0.520. The van der Waals surface area contributed by atoms with Crippen LogP contribution in [0.3, 0.4) is 0 Å². The fraction of sp³-hybridized carbons (Fsp3) is 0.923. The molecule has 1 saturated carbocycles. The minimum atomic E-state index is -1.36. The van der Waals surface area contributed by atoms with Crippen LogP contribution < -0.4 is 0 Å². The van der Waals surface area contributed by atoms with Gasteiger partial charge >= 0.3 is 5.43 Å². The molecule has 0 unspecified atom stereocenters. The normalized spacial score (nSPS) is 16.4. The first-order chi connectivity index (χ1) is 7.66. The number of hydrogen-bond acceptors (Lipinski definition) is 1. The van der Waals surface area contributed by atoms with Gasteiger partial charge in [-0.3, -0.25) is 0 Å². The molecule has 16 heavy (non-hydrogen) atoms. The van der Waals surface area contributed by atoms with Crippen molar-refractivity contribution < 1.29 is 9.90 Å². The fourth-order valence-electron chi connectivity index (χ4n) is 2.34. The van der Waals surface area contributed by atoms with E-state index in [4.69, 9.17) is 9.90 Å². The van der Waals surface area contributed by atoms with Crippen molar-refractivity contribution in [3.63, 3.8) is 0 Å². The van der Waals surface area contributed by atoms with Crippen LogP contribution in [0.1, 0.15) is 71.1 Å². The molecule has 3 heteroatoms. The summed E-state index contributed by atoms with van der Waals surface area (Å²) in [5, 5.41) is 7.18. The Morgan fingerprint density at radius 1 is 1.19 bits per heavy atom. The Labute approximate surface area is 104 Å². The minimum Gasteiger partial charge on any atom is -0.469 e. The van der Waals surface area contributed by atoms with Gasteiger partial charge < -0.3 is 5.11 Å². The van der Waals surface area contributed by atoms with E-state index in [0.29, 0.717) is 0 Å². The van der Waals surface area contributed by atoms with E-state index in [1.165, 1.54) is 64.2 Å². The highest BCUT2D eigenvalue weighted by atomic mass is 35.5. The average Bonchev–Trinajstić information content (AvgIpc) is 2.25. The molecule has 1 rings (SSSR count). The average molecular weight is 249 g/mol. The topological polar surface area (TPSA) is 37.3 Å². The maximum atomic E-state index is 8.77. The van der Waals surface area contributed by atoms with Gasteiger partial charge in [-0.05, 0) is 5.92 Å². The Hall–Kier alpha value is -0.240. The fourth-order valence-corrected chi connectivity index (χ4v) is 2.34. The molecule has 0 aromatic heterocycles. The molecule has 0 aliphatic heterocycles. The van der Waals surface area contributed by atoms with Crippen molar-refractivity contribution in [1.82, 2.24) is 0 Å². The summed E-state index contributed by atoms with van der Waals surface area (Å²) in [4.78, 5) is 8.77. The van der Waals surface area contributed by atoms with E-state index >= 15 is 0 Å². The second-order valence-corrected chi connectivity index (χ2v) is 4.93. The van der Waals surface area contributed by atoms with Gasteiger partial charge in [0, 0.05) is 11.6 Å². The smallest absolute Gasteiger partial charge is 0.401 e. The Morgan fingerprint density at radius 2 is 1.75 bits per heavy atom. The molecule has 0 aromatic rings. The Balaban J connectivity index is 0.000000487. The van der Waals surface area contributed by atoms with E-state index in [1.807, 2.05) is 0 Å². The number of unbranched alkanes of at least 4 members (excludes halogenated alkanes) is 3. The zero-order valence-corrected chi connectivity index (χ0v) is 11.1. The highest BCUT2D eigenvalue weighted by Gasteiger charge is 2.11. The van der Waals surface area contributed by atoms with Crippen LogP contribution in [0.5, 0.6) is 0 Å². The highest BCUT2D eigenvalue weighted by molar-refractivity contribution is 6.60. The lowest BCUT2D eigenvalue weighted by molar-refractivity contribution is 0.220. The molecule has 1 aliphatic rings. The highest BCUT2D eigenvalue weighted by Crippen LogP contribution is 2.27. The molecule has 0 aromatic carbocycles. The van der Waals surface area contributed by atoms with Crippen molar-refractivity contribution in [2.45, 2.75) is 71.1 Å². The monoisotopic (exact) mass is 248 g/mol. The summed E-state index contributed by atoms with van der Waals surface area (Å²) in [6.07, 6.45) is 14.9. The van der Waals surface area contributed by atoms with Gasteiger partial charge in [0.1, 0.15) is 0 Å². The molecular formula is C13H25ClO2. The molecular weight excluding hydrogens is 224 g/mol. The summed E-state index contributed by atoms with van der Waals surface area (Å²) in [5.41, 5.74) is -1.36. The van der Waals surface area contributed by atoms with E-state index in [-0.39, 0.29) is 0 Å². The largest absolute Gasteiger partial charge is 0.469 e. The minimum absolute atomic E-state index is 1.11. The van der Waals surface area contributed by atoms with Crippen LogP contribution in [-0.2, 0) is 0 Å². The van der Waals surface area contributed by atoms with Gasteiger partial charge in [0.2, 0.25) is 0 Å². The molecule has 0 atom stereocenters. The lowest BCUT2D eigenvalue weighted by Crippen LogP contribution is -2.05. The standard InChI is InChI=1S/C12H24.CHClO2/c1-2-3-4-6-9-12-10-7-5-8-11-12;2-1(3)4/h12H,2-11H2,1H3;(H,3,4). The van der Waals surface area contributed by atoms with Gasteiger partial charge in [0.15, 0.2) is 0 Å². The van der Waals surface area contributed by atoms with Crippen molar-refractivity contribution in [2.75, 3.05) is 0 Å². The predicted molar refractivity (Wildman–Crippen MR) is 69.2 cm³/mol. The van der Waals surface area contributed by atoms with Crippen molar-refractivity contribution in [3.8, 4) is 0 Å². The van der Waals surface area contributed by atoms with Gasteiger partial charge in [-0.1, -0.05) is 71.1 Å². The molecule has 1 N–H and O–H groups in total. The SMILES string of the molecule is CCCCCCC1CCCCC1.O=C(O)Cl. The van der Waals surface area contributed by atoms with Gasteiger partial charge in [0.05, 0.1) is 0 Å². The summed E-state index contributed by atoms with van der Waals surface area (Å²) in [7, 11) is 0. The van der Waals surface area contributed by atoms with Crippen LogP contribution in [0.4, 0.5) is 4.79 Å². The number of rotatable bonds is 5. The van der Waals surface area contributed by atoms with Crippen LogP contribution in [-0.4, -0.2) is 10.5 Å². The maximum absolute atomic E-state index is 8.77. The van der Waals surface area contributed by atoms with E-state index < -0.39 is 5.43 Å². The lowest BCUT2D eigenvalue weighted by Gasteiger charge is -2.21. The molecule has 0 radical (unpaired) electrons. The third-order valence-corrected chi connectivity index (χ3v) is 3.19. The third kappa shape index (κ3) is 11.8. The summed E-state index contributed by atoms with van der Waals surface area (Å²) in [6, 6.07) is 0. The summed E-state index contributed by atoms with van der Waals surface area (Å²) < 4.78 is 0. The molecule has 0 heterocycles. The molecule has 0 spiro atoms.